The molecule has 0 atom stereocenters. The number of imidazole rings is 1. The molecule has 0 aliphatic carbocycles. The maximum absolute atomic E-state index is 12.8. The third-order valence-electron chi connectivity index (χ3n) is 3.83. The van der Waals surface area contributed by atoms with Gasteiger partial charge >= 0.3 is 0 Å². The first-order valence-electron chi connectivity index (χ1n) is 8.22. The summed E-state index contributed by atoms with van der Waals surface area (Å²) in [7, 11) is 0. The predicted octanol–water partition coefficient (Wildman–Crippen LogP) is 3.69. The predicted molar refractivity (Wildman–Crippen MR) is 102 cm³/mol. The molecule has 0 saturated heterocycles. The summed E-state index contributed by atoms with van der Waals surface area (Å²) < 4.78 is 1.61. The number of nitrogens with one attached hydrogen (secondary N) is 2. The Labute approximate surface area is 156 Å². The van der Waals surface area contributed by atoms with Gasteiger partial charge in [0.15, 0.2) is 5.69 Å². The number of carbonyl (C=O) groups is 2. The molecule has 7 heteroatoms. The number of amides is 2. The quantitative estimate of drug-likeness (QED) is 0.735. The van der Waals surface area contributed by atoms with Crippen LogP contribution < -0.4 is 10.6 Å². The fraction of sp³-hybridized carbons (Fsp3) is 0.211. The van der Waals surface area contributed by atoms with E-state index < -0.39 is 5.91 Å². The Morgan fingerprint density at radius 2 is 1.92 bits per heavy atom. The summed E-state index contributed by atoms with van der Waals surface area (Å²) in [5.41, 5.74) is 2.22. The van der Waals surface area contributed by atoms with E-state index in [1.54, 1.807) is 40.9 Å². The average molecular weight is 371 g/mol. The highest BCUT2D eigenvalue weighted by atomic mass is 35.5. The Kier molecular flexibility index (Phi) is 4.95. The van der Waals surface area contributed by atoms with E-state index in [-0.39, 0.29) is 23.5 Å². The van der Waals surface area contributed by atoms with Gasteiger partial charge in [0.1, 0.15) is 0 Å². The van der Waals surface area contributed by atoms with Crippen LogP contribution in [0.15, 0.2) is 42.6 Å². The van der Waals surface area contributed by atoms with Gasteiger partial charge in [-0.15, -0.1) is 0 Å². The summed E-state index contributed by atoms with van der Waals surface area (Å²) in [6, 6.07) is 10.5. The molecule has 0 aliphatic heterocycles. The average Bonchev–Trinajstić information content (AvgIpc) is 2.97. The van der Waals surface area contributed by atoms with Crippen molar-refractivity contribution in [3.63, 3.8) is 0 Å². The van der Waals surface area contributed by atoms with Gasteiger partial charge in [-0.3, -0.25) is 14.0 Å². The maximum Gasteiger partial charge on any atom is 0.287 e. The smallest absolute Gasteiger partial charge is 0.287 e. The van der Waals surface area contributed by atoms with Crippen LogP contribution in [0.3, 0.4) is 0 Å². The minimum Gasteiger partial charge on any atom is -0.347 e. The molecule has 2 aromatic heterocycles. The highest BCUT2D eigenvalue weighted by Crippen LogP contribution is 2.22. The standard InChI is InChI=1S/C19H19ClN4O2/c1-11(2)21-19(26)17-23-16(15-6-4-5-9-24(15)17)18(25)22-14-10-13(20)8-7-12(14)3/h4-11H,1-3H3,(H,21,26)(H,22,25). The molecule has 0 fully saturated rings. The van der Waals surface area contributed by atoms with Gasteiger partial charge in [-0.05, 0) is 50.6 Å². The lowest BCUT2D eigenvalue weighted by atomic mass is 10.2. The number of rotatable bonds is 4. The van der Waals surface area contributed by atoms with Crippen molar-refractivity contribution >= 4 is 34.6 Å². The van der Waals surface area contributed by atoms with Crippen molar-refractivity contribution in [2.75, 3.05) is 5.32 Å². The number of anilines is 1. The van der Waals surface area contributed by atoms with Crippen LogP contribution >= 0.6 is 11.6 Å². The zero-order valence-electron chi connectivity index (χ0n) is 14.7. The molecule has 1 aromatic carbocycles. The third-order valence-corrected chi connectivity index (χ3v) is 4.07. The van der Waals surface area contributed by atoms with E-state index >= 15 is 0 Å². The van der Waals surface area contributed by atoms with Gasteiger partial charge in [-0.2, -0.15) is 0 Å². The number of hydrogen-bond acceptors (Lipinski definition) is 3. The van der Waals surface area contributed by atoms with E-state index in [4.69, 9.17) is 11.6 Å². The van der Waals surface area contributed by atoms with E-state index in [9.17, 15) is 9.59 Å². The molecule has 134 valence electrons. The lowest BCUT2D eigenvalue weighted by molar-refractivity contribution is 0.0932. The minimum absolute atomic E-state index is 0.0371. The van der Waals surface area contributed by atoms with Gasteiger partial charge in [0.2, 0.25) is 5.82 Å². The molecule has 2 heterocycles. The van der Waals surface area contributed by atoms with E-state index in [2.05, 4.69) is 15.6 Å². The van der Waals surface area contributed by atoms with Crippen LogP contribution in [-0.4, -0.2) is 27.2 Å². The van der Waals surface area contributed by atoms with Crippen LogP contribution in [0, 0.1) is 6.92 Å². The molecule has 2 amide bonds. The van der Waals surface area contributed by atoms with Gasteiger partial charge in [0.05, 0.1) is 5.52 Å². The molecule has 0 saturated carbocycles. The number of fused-ring (bicyclic) bond motifs is 1. The molecule has 0 aliphatic rings. The summed E-state index contributed by atoms with van der Waals surface area (Å²) in [4.78, 5) is 29.5. The highest BCUT2D eigenvalue weighted by Gasteiger charge is 2.22. The molecule has 0 radical (unpaired) electrons. The SMILES string of the molecule is Cc1ccc(Cl)cc1NC(=O)c1nc(C(=O)NC(C)C)n2ccccc12. The van der Waals surface area contributed by atoms with Crippen molar-refractivity contribution in [2.24, 2.45) is 0 Å². The van der Waals surface area contributed by atoms with E-state index in [1.165, 1.54) is 0 Å². The summed E-state index contributed by atoms with van der Waals surface area (Å²) in [5, 5.41) is 6.15. The summed E-state index contributed by atoms with van der Waals surface area (Å²) in [6.07, 6.45) is 1.71. The Balaban J connectivity index is 2.01. The second kappa shape index (κ2) is 7.17. The van der Waals surface area contributed by atoms with Gasteiger partial charge in [0.25, 0.3) is 11.8 Å². The molecule has 2 N–H and O–H groups in total. The van der Waals surface area contributed by atoms with Gasteiger partial charge in [-0.1, -0.05) is 23.7 Å². The largest absolute Gasteiger partial charge is 0.347 e. The maximum atomic E-state index is 12.8. The fourth-order valence-electron chi connectivity index (χ4n) is 2.60. The summed E-state index contributed by atoms with van der Waals surface area (Å²) in [6.45, 7) is 5.60. The van der Waals surface area contributed by atoms with Gasteiger partial charge in [-0.25, -0.2) is 4.98 Å². The lowest BCUT2D eigenvalue weighted by Gasteiger charge is -2.07. The lowest BCUT2D eigenvalue weighted by Crippen LogP contribution is -2.31. The molecule has 26 heavy (non-hydrogen) atoms. The third kappa shape index (κ3) is 3.55. The van der Waals surface area contributed by atoms with Gasteiger partial charge in [0, 0.05) is 22.9 Å². The van der Waals surface area contributed by atoms with Crippen molar-refractivity contribution < 1.29 is 9.59 Å². The molecule has 0 spiro atoms. The second-order valence-corrected chi connectivity index (χ2v) is 6.72. The molecular weight excluding hydrogens is 352 g/mol. The van der Waals surface area contributed by atoms with Crippen molar-refractivity contribution in [1.82, 2.24) is 14.7 Å². The molecule has 3 aromatic rings. The number of aryl methyl sites for hydroxylation is 1. The fourth-order valence-corrected chi connectivity index (χ4v) is 2.77. The zero-order chi connectivity index (χ0) is 18.8. The van der Waals surface area contributed by atoms with E-state index in [0.717, 1.165) is 5.56 Å². The molecule has 0 bridgehead atoms. The first kappa shape index (κ1) is 17.9. The van der Waals surface area contributed by atoms with Crippen LogP contribution in [0.1, 0.15) is 40.5 Å². The number of carbonyl (C=O) groups excluding carboxylic acids is 2. The van der Waals surface area contributed by atoms with E-state index in [1.807, 2.05) is 26.8 Å². The Morgan fingerprint density at radius 3 is 2.65 bits per heavy atom. The topological polar surface area (TPSA) is 75.5 Å². The van der Waals surface area contributed by atoms with Gasteiger partial charge < -0.3 is 10.6 Å². The number of nitrogens with zero attached hydrogens (tertiary/aromatic N) is 2. The molecule has 6 nitrogen and oxygen atoms in total. The second-order valence-electron chi connectivity index (χ2n) is 6.28. The summed E-state index contributed by atoms with van der Waals surface area (Å²) in [5.74, 6) is -0.566. The highest BCUT2D eigenvalue weighted by molar-refractivity contribution is 6.31. The summed E-state index contributed by atoms with van der Waals surface area (Å²) >= 11 is 6.01. The Hall–Kier alpha value is -2.86. The van der Waals surface area contributed by atoms with Crippen LogP contribution in [0.25, 0.3) is 5.52 Å². The van der Waals surface area contributed by atoms with Crippen LogP contribution in [0.2, 0.25) is 5.02 Å². The van der Waals surface area contributed by atoms with Crippen LogP contribution in [0.5, 0.6) is 0 Å². The van der Waals surface area contributed by atoms with E-state index in [0.29, 0.717) is 16.2 Å². The first-order valence-corrected chi connectivity index (χ1v) is 8.60. The van der Waals surface area contributed by atoms with Crippen LogP contribution in [0.4, 0.5) is 5.69 Å². The normalized spacial score (nSPS) is 11.0. The molecule has 0 unspecified atom stereocenters. The molecule has 3 rings (SSSR count). The van der Waals surface area contributed by atoms with Crippen molar-refractivity contribution in [3.8, 4) is 0 Å². The Morgan fingerprint density at radius 1 is 1.15 bits per heavy atom. The Bertz CT molecular complexity index is 994. The van der Waals surface area contributed by atoms with Crippen LogP contribution in [-0.2, 0) is 0 Å². The number of hydrogen-bond donors (Lipinski definition) is 2. The first-order chi connectivity index (χ1) is 12.4. The number of pyridine rings is 1. The number of aromatic nitrogens is 2. The van der Waals surface area contributed by atoms with Crippen molar-refractivity contribution in [1.29, 1.82) is 0 Å². The zero-order valence-corrected chi connectivity index (χ0v) is 15.5. The molecular formula is C19H19ClN4O2. The number of halogens is 1. The minimum atomic E-state index is -0.400. The number of benzene rings is 1. The van der Waals surface area contributed by atoms with Crippen molar-refractivity contribution in [2.45, 2.75) is 26.8 Å². The van der Waals surface area contributed by atoms with Crippen molar-refractivity contribution in [3.05, 3.63) is 64.7 Å². The monoisotopic (exact) mass is 370 g/mol.